The molecular formula is C20H19FN2O2. The van der Waals surface area contributed by atoms with Gasteiger partial charge in [0.2, 0.25) is 0 Å². The summed E-state index contributed by atoms with van der Waals surface area (Å²) in [4.78, 5) is 16.7. The number of benzene rings is 2. The smallest absolute Gasteiger partial charge is 0.289 e. The zero-order valence-electron chi connectivity index (χ0n) is 14.0. The van der Waals surface area contributed by atoms with Crippen LogP contribution in [0.5, 0.6) is 0 Å². The van der Waals surface area contributed by atoms with Gasteiger partial charge in [0.25, 0.3) is 5.91 Å². The largest absolute Gasteiger partial charge is 0.451 e. The first-order chi connectivity index (χ1) is 12.1. The lowest BCUT2D eigenvalue weighted by molar-refractivity contribution is 0.0717. The molecule has 0 aliphatic carbocycles. The number of carbonyl (C=O) groups is 1. The van der Waals surface area contributed by atoms with Crippen LogP contribution in [0.4, 0.5) is 10.1 Å². The first-order valence-electron chi connectivity index (χ1n) is 8.40. The highest BCUT2D eigenvalue weighted by molar-refractivity contribution is 5.96. The molecule has 2 heterocycles. The van der Waals surface area contributed by atoms with Crippen molar-refractivity contribution in [3.63, 3.8) is 0 Å². The minimum atomic E-state index is -0.238. The standard InChI is InChI=1S/C20H19FN2O2/c1-14-2-3-15-13-19(25-18(15)12-14)20(24)23-10-8-22(9-11-23)17-6-4-16(21)5-7-17/h2-7,12-13H,8-11H2,1H3. The molecule has 25 heavy (non-hydrogen) atoms. The van der Waals surface area contributed by atoms with Crippen molar-refractivity contribution in [3.05, 3.63) is 65.7 Å². The molecule has 4 nitrogen and oxygen atoms in total. The van der Waals surface area contributed by atoms with Gasteiger partial charge in [-0.1, -0.05) is 12.1 Å². The van der Waals surface area contributed by atoms with Gasteiger partial charge < -0.3 is 14.2 Å². The van der Waals surface area contributed by atoms with Gasteiger partial charge in [-0.2, -0.15) is 0 Å². The molecule has 1 saturated heterocycles. The van der Waals surface area contributed by atoms with E-state index in [4.69, 9.17) is 4.42 Å². The van der Waals surface area contributed by atoms with Crippen LogP contribution in [0, 0.1) is 12.7 Å². The zero-order valence-corrected chi connectivity index (χ0v) is 14.0. The third kappa shape index (κ3) is 3.09. The van der Waals surface area contributed by atoms with E-state index in [2.05, 4.69) is 4.90 Å². The second-order valence-electron chi connectivity index (χ2n) is 6.41. The molecule has 3 aromatic rings. The van der Waals surface area contributed by atoms with Crippen LogP contribution in [0.1, 0.15) is 16.1 Å². The number of piperazine rings is 1. The number of aryl methyl sites for hydroxylation is 1. The van der Waals surface area contributed by atoms with Gasteiger partial charge >= 0.3 is 0 Å². The minimum Gasteiger partial charge on any atom is -0.451 e. The summed E-state index contributed by atoms with van der Waals surface area (Å²) in [6.07, 6.45) is 0. The summed E-state index contributed by atoms with van der Waals surface area (Å²) < 4.78 is 18.8. The Morgan fingerprint density at radius 1 is 1.00 bits per heavy atom. The lowest BCUT2D eigenvalue weighted by Gasteiger charge is -2.35. The number of fused-ring (bicyclic) bond motifs is 1. The Morgan fingerprint density at radius 3 is 2.44 bits per heavy atom. The van der Waals surface area contributed by atoms with Crippen molar-refractivity contribution in [2.24, 2.45) is 0 Å². The second-order valence-corrected chi connectivity index (χ2v) is 6.41. The highest BCUT2D eigenvalue weighted by atomic mass is 19.1. The van der Waals surface area contributed by atoms with Crippen molar-refractivity contribution in [2.45, 2.75) is 6.92 Å². The summed E-state index contributed by atoms with van der Waals surface area (Å²) in [5.74, 6) is 0.0705. The monoisotopic (exact) mass is 338 g/mol. The van der Waals surface area contributed by atoms with Gasteiger partial charge in [-0.25, -0.2) is 4.39 Å². The zero-order chi connectivity index (χ0) is 17.4. The van der Waals surface area contributed by atoms with Crippen molar-refractivity contribution in [1.29, 1.82) is 0 Å². The normalized spacial score (nSPS) is 15.0. The molecule has 1 amide bonds. The number of hydrogen-bond donors (Lipinski definition) is 0. The molecule has 1 aliphatic heterocycles. The van der Waals surface area contributed by atoms with E-state index < -0.39 is 0 Å². The predicted molar refractivity (Wildman–Crippen MR) is 95.5 cm³/mol. The minimum absolute atomic E-state index is 0.0763. The summed E-state index contributed by atoms with van der Waals surface area (Å²) in [7, 11) is 0. The fourth-order valence-corrected chi connectivity index (χ4v) is 3.22. The SMILES string of the molecule is Cc1ccc2cc(C(=O)N3CCN(c4ccc(F)cc4)CC3)oc2c1. The Hall–Kier alpha value is -2.82. The van der Waals surface area contributed by atoms with Crippen LogP contribution in [0.25, 0.3) is 11.0 Å². The van der Waals surface area contributed by atoms with E-state index >= 15 is 0 Å². The molecule has 0 atom stereocenters. The molecule has 0 bridgehead atoms. The molecule has 0 unspecified atom stereocenters. The van der Waals surface area contributed by atoms with Crippen LogP contribution in [0.3, 0.4) is 0 Å². The first kappa shape index (κ1) is 15.7. The maximum Gasteiger partial charge on any atom is 0.289 e. The average molecular weight is 338 g/mol. The Bertz CT molecular complexity index is 909. The van der Waals surface area contributed by atoms with Crippen LogP contribution in [-0.4, -0.2) is 37.0 Å². The van der Waals surface area contributed by atoms with Gasteiger partial charge in [-0.3, -0.25) is 4.79 Å². The van der Waals surface area contributed by atoms with Gasteiger partial charge in [-0.15, -0.1) is 0 Å². The summed E-state index contributed by atoms with van der Waals surface area (Å²) in [5.41, 5.74) is 2.83. The van der Waals surface area contributed by atoms with E-state index in [1.807, 2.05) is 36.1 Å². The number of halogens is 1. The third-order valence-corrected chi connectivity index (χ3v) is 4.65. The molecule has 0 radical (unpaired) electrons. The van der Waals surface area contributed by atoms with E-state index in [9.17, 15) is 9.18 Å². The maximum atomic E-state index is 13.0. The molecule has 2 aromatic carbocycles. The van der Waals surface area contributed by atoms with Crippen LogP contribution in [-0.2, 0) is 0 Å². The molecule has 0 saturated carbocycles. The third-order valence-electron chi connectivity index (χ3n) is 4.65. The lowest BCUT2D eigenvalue weighted by Crippen LogP contribution is -2.48. The molecular weight excluding hydrogens is 319 g/mol. The lowest BCUT2D eigenvalue weighted by atomic mass is 10.2. The maximum absolute atomic E-state index is 13.0. The Kier molecular flexibility index (Phi) is 3.92. The Labute approximate surface area is 145 Å². The van der Waals surface area contributed by atoms with Gasteiger partial charge in [-0.05, 0) is 48.9 Å². The number of rotatable bonds is 2. The highest BCUT2D eigenvalue weighted by Crippen LogP contribution is 2.23. The van der Waals surface area contributed by atoms with Crippen molar-refractivity contribution in [1.82, 2.24) is 4.90 Å². The van der Waals surface area contributed by atoms with Crippen LogP contribution >= 0.6 is 0 Å². The van der Waals surface area contributed by atoms with E-state index in [0.29, 0.717) is 18.8 Å². The fourth-order valence-electron chi connectivity index (χ4n) is 3.22. The van der Waals surface area contributed by atoms with Crippen molar-refractivity contribution < 1.29 is 13.6 Å². The van der Waals surface area contributed by atoms with Crippen LogP contribution in [0.2, 0.25) is 0 Å². The highest BCUT2D eigenvalue weighted by Gasteiger charge is 2.24. The number of anilines is 1. The molecule has 128 valence electrons. The first-order valence-corrected chi connectivity index (χ1v) is 8.40. The Morgan fingerprint density at radius 2 is 1.72 bits per heavy atom. The van der Waals surface area contributed by atoms with Gasteiger partial charge in [0.15, 0.2) is 5.76 Å². The van der Waals surface area contributed by atoms with Crippen LogP contribution < -0.4 is 4.90 Å². The Balaban J connectivity index is 1.46. The van der Waals surface area contributed by atoms with E-state index in [-0.39, 0.29) is 11.7 Å². The van der Waals surface area contributed by atoms with Crippen molar-refractivity contribution >= 4 is 22.6 Å². The van der Waals surface area contributed by atoms with E-state index in [0.717, 1.165) is 35.3 Å². The summed E-state index contributed by atoms with van der Waals surface area (Å²) in [6.45, 7) is 4.67. The molecule has 1 aliphatic rings. The van der Waals surface area contributed by atoms with Gasteiger partial charge in [0.05, 0.1) is 0 Å². The molecule has 1 fully saturated rings. The van der Waals surface area contributed by atoms with Gasteiger partial charge in [0.1, 0.15) is 11.4 Å². The second kappa shape index (κ2) is 6.24. The number of nitrogens with zero attached hydrogens (tertiary/aromatic N) is 2. The molecule has 0 N–H and O–H groups in total. The number of amides is 1. The molecule has 5 heteroatoms. The summed E-state index contributed by atoms with van der Waals surface area (Å²) in [5, 5.41) is 0.943. The topological polar surface area (TPSA) is 36.7 Å². The number of hydrogen-bond acceptors (Lipinski definition) is 3. The fraction of sp³-hybridized carbons (Fsp3) is 0.250. The van der Waals surface area contributed by atoms with Crippen LogP contribution in [0.15, 0.2) is 52.9 Å². The summed E-state index contributed by atoms with van der Waals surface area (Å²) >= 11 is 0. The molecule has 1 aromatic heterocycles. The van der Waals surface area contributed by atoms with E-state index in [1.165, 1.54) is 12.1 Å². The van der Waals surface area contributed by atoms with Crippen molar-refractivity contribution in [3.8, 4) is 0 Å². The number of carbonyl (C=O) groups excluding carboxylic acids is 1. The van der Waals surface area contributed by atoms with Gasteiger partial charge in [0, 0.05) is 37.3 Å². The molecule has 4 rings (SSSR count). The average Bonchev–Trinajstić information content (AvgIpc) is 3.05. The predicted octanol–water partition coefficient (Wildman–Crippen LogP) is 3.84. The molecule has 0 spiro atoms. The number of furan rings is 1. The summed E-state index contributed by atoms with van der Waals surface area (Å²) in [6, 6.07) is 14.2. The van der Waals surface area contributed by atoms with E-state index in [1.54, 1.807) is 12.1 Å². The quantitative estimate of drug-likeness (QED) is 0.712. The van der Waals surface area contributed by atoms with Crippen molar-refractivity contribution in [2.75, 3.05) is 31.1 Å².